The zero-order chi connectivity index (χ0) is 13.6. The number of thioether (sulfide) groups is 2. The summed E-state index contributed by atoms with van der Waals surface area (Å²) in [5.74, 6) is 2.94. The standard InChI is InChI=1S/C11H24N2O2S3/c1-3-18(14,15)11-9-17-7-5-13(11)10(8-12)4-6-16-2/h10-11H,3-9,12H2,1-2H3. The summed E-state index contributed by atoms with van der Waals surface area (Å²) in [4.78, 5) is 2.13. The third-order valence-corrected chi connectivity index (χ3v) is 7.29. The zero-order valence-corrected chi connectivity index (χ0v) is 13.6. The quantitative estimate of drug-likeness (QED) is 0.753. The van der Waals surface area contributed by atoms with Gasteiger partial charge in [0.25, 0.3) is 0 Å². The minimum Gasteiger partial charge on any atom is -0.329 e. The molecule has 0 amide bonds. The molecule has 0 saturated carbocycles. The molecule has 1 aliphatic rings. The fraction of sp³-hybridized carbons (Fsp3) is 1.00. The van der Waals surface area contributed by atoms with Gasteiger partial charge in [-0.1, -0.05) is 6.92 Å². The van der Waals surface area contributed by atoms with Crippen molar-refractivity contribution in [3.8, 4) is 0 Å². The van der Waals surface area contributed by atoms with Crippen molar-refractivity contribution in [3.05, 3.63) is 0 Å². The van der Waals surface area contributed by atoms with E-state index in [1.165, 1.54) is 0 Å². The summed E-state index contributed by atoms with van der Waals surface area (Å²) in [7, 11) is -3.01. The predicted molar refractivity (Wildman–Crippen MR) is 83.1 cm³/mol. The van der Waals surface area contributed by atoms with E-state index in [2.05, 4.69) is 11.2 Å². The van der Waals surface area contributed by atoms with Crippen LogP contribution in [0.4, 0.5) is 0 Å². The Hall–Kier alpha value is 0.570. The van der Waals surface area contributed by atoms with Crippen LogP contribution in [0.3, 0.4) is 0 Å². The smallest absolute Gasteiger partial charge is 0.166 e. The Labute approximate surface area is 119 Å². The molecule has 0 aromatic carbocycles. The minimum atomic E-state index is -3.01. The lowest BCUT2D eigenvalue weighted by Crippen LogP contribution is -2.54. The number of sulfone groups is 1. The van der Waals surface area contributed by atoms with Crippen LogP contribution < -0.4 is 5.73 Å². The lowest BCUT2D eigenvalue weighted by Gasteiger charge is -2.39. The van der Waals surface area contributed by atoms with Crippen LogP contribution in [-0.4, -0.2) is 67.1 Å². The summed E-state index contributed by atoms with van der Waals surface area (Å²) < 4.78 is 24.3. The first-order valence-electron chi connectivity index (χ1n) is 6.30. The highest BCUT2D eigenvalue weighted by atomic mass is 32.2. The van der Waals surface area contributed by atoms with Crippen molar-refractivity contribution in [2.75, 3.05) is 42.4 Å². The highest BCUT2D eigenvalue weighted by molar-refractivity contribution is 8.01. The van der Waals surface area contributed by atoms with E-state index < -0.39 is 9.84 Å². The van der Waals surface area contributed by atoms with Crippen LogP contribution in [-0.2, 0) is 9.84 Å². The number of hydrogen-bond donors (Lipinski definition) is 1. The van der Waals surface area contributed by atoms with Gasteiger partial charge in [0.2, 0.25) is 0 Å². The van der Waals surface area contributed by atoms with Crippen LogP contribution in [0.1, 0.15) is 13.3 Å². The van der Waals surface area contributed by atoms with Crippen molar-refractivity contribution < 1.29 is 8.42 Å². The van der Waals surface area contributed by atoms with Gasteiger partial charge in [0.1, 0.15) is 5.37 Å². The Morgan fingerprint density at radius 2 is 2.28 bits per heavy atom. The lowest BCUT2D eigenvalue weighted by atomic mass is 10.2. The number of nitrogens with two attached hydrogens (primary N) is 1. The van der Waals surface area contributed by atoms with Gasteiger partial charge in [-0.15, -0.1) is 0 Å². The molecule has 18 heavy (non-hydrogen) atoms. The molecule has 2 unspecified atom stereocenters. The van der Waals surface area contributed by atoms with Crippen LogP contribution in [0.15, 0.2) is 0 Å². The van der Waals surface area contributed by atoms with Gasteiger partial charge in [-0.2, -0.15) is 23.5 Å². The minimum absolute atomic E-state index is 0.199. The normalized spacial score (nSPS) is 24.1. The molecule has 2 atom stereocenters. The van der Waals surface area contributed by atoms with Crippen molar-refractivity contribution in [3.63, 3.8) is 0 Å². The number of rotatable bonds is 7. The molecule has 7 heteroatoms. The van der Waals surface area contributed by atoms with Gasteiger partial charge in [-0.3, -0.25) is 4.90 Å². The molecule has 0 aliphatic carbocycles. The molecule has 1 aliphatic heterocycles. The van der Waals surface area contributed by atoms with Crippen molar-refractivity contribution in [1.82, 2.24) is 4.90 Å². The Kier molecular flexibility index (Phi) is 7.38. The second kappa shape index (κ2) is 7.99. The topological polar surface area (TPSA) is 63.4 Å². The Bertz CT molecular complexity index is 335. The van der Waals surface area contributed by atoms with Crippen molar-refractivity contribution in [1.29, 1.82) is 0 Å². The van der Waals surface area contributed by atoms with E-state index in [9.17, 15) is 8.42 Å². The van der Waals surface area contributed by atoms with E-state index in [4.69, 9.17) is 5.73 Å². The van der Waals surface area contributed by atoms with E-state index in [0.717, 1.165) is 24.5 Å². The highest BCUT2D eigenvalue weighted by Gasteiger charge is 2.36. The van der Waals surface area contributed by atoms with Crippen molar-refractivity contribution in [2.45, 2.75) is 24.8 Å². The summed E-state index contributed by atoms with van der Waals surface area (Å²) in [6.07, 6.45) is 3.04. The lowest BCUT2D eigenvalue weighted by molar-refractivity contribution is 0.192. The molecule has 1 fully saturated rings. The van der Waals surface area contributed by atoms with Gasteiger partial charge >= 0.3 is 0 Å². The van der Waals surface area contributed by atoms with Crippen molar-refractivity contribution >= 4 is 33.4 Å². The molecule has 4 nitrogen and oxygen atoms in total. The SMILES string of the molecule is CCS(=O)(=O)C1CSCCN1C(CN)CCSC. The fourth-order valence-electron chi connectivity index (χ4n) is 2.19. The molecule has 1 rings (SSSR count). The van der Waals surface area contributed by atoms with Gasteiger partial charge in [-0.25, -0.2) is 8.42 Å². The van der Waals surface area contributed by atoms with Gasteiger partial charge in [0, 0.05) is 36.4 Å². The molecular formula is C11H24N2O2S3. The van der Waals surface area contributed by atoms with E-state index in [1.807, 2.05) is 0 Å². The van der Waals surface area contributed by atoms with Crippen LogP contribution in [0.5, 0.6) is 0 Å². The first-order chi connectivity index (χ1) is 8.56. The second-order valence-corrected chi connectivity index (χ2v) is 8.97. The van der Waals surface area contributed by atoms with Crippen LogP contribution in [0, 0.1) is 0 Å². The molecule has 0 aromatic heterocycles. The maximum Gasteiger partial charge on any atom is 0.166 e. The van der Waals surface area contributed by atoms with E-state index in [-0.39, 0.29) is 17.2 Å². The second-order valence-electron chi connectivity index (χ2n) is 4.39. The monoisotopic (exact) mass is 312 g/mol. The number of nitrogens with zero attached hydrogens (tertiary/aromatic N) is 1. The third-order valence-electron chi connectivity index (χ3n) is 3.34. The maximum atomic E-state index is 12.2. The average molecular weight is 313 g/mol. The Balaban J connectivity index is 2.80. The Morgan fingerprint density at radius 1 is 1.56 bits per heavy atom. The molecule has 0 aromatic rings. The average Bonchev–Trinajstić information content (AvgIpc) is 2.40. The molecule has 0 spiro atoms. The molecule has 1 heterocycles. The van der Waals surface area contributed by atoms with Gasteiger partial charge in [0.05, 0.1) is 0 Å². The van der Waals surface area contributed by atoms with Crippen LogP contribution >= 0.6 is 23.5 Å². The predicted octanol–water partition coefficient (Wildman–Crippen LogP) is 0.876. The first kappa shape index (κ1) is 16.6. The van der Waals surface area contributed by atoms with Crippen LogP contribution in [0.2, 0.25) is 0 Å². The first-order valence-corrected chi connectivity index (χ1v) is 10.6. The third kappa shape index (κ3) is 4.30. The summed E-state index contributed by atoms with van der Waals surface area (Å²) >= 11 is 3.52. The van der Waals surface area contributed by atoms with Gasteiger partial charge in [0.15, 0.2) is 9.84 Å². The van der Waals surface area contributed by atoms with Crippen LogP contribution in [0.25, 0.3) is 0 Å². The maximum absolute atomic E-state index is 12.2. The van der Waals surface area contributed by atoms with Gasteiger partial charge < -0.3 is 5.73 Å². The summed E-state index contributed by atoms with van der Waals surface area (Å²) in [6.45, 7) is 3.11. The van der Waals surface area contributed by atoms with E-state index >= 15 is 0 Å². The molecular weight excluding hydrogens is 288 g/mol. The molecule has 1 saturated heterocycles. The molecule has 0 bridgehead atoms. The zero-order valence-electron chi connectivity index (χ0n) is 11.2. The van der Waals surface area contributed by atoms with E-state index in [0.29, 0.717) is 12.3 Å². The Morgan fingerprint density at radius 3 is 2.83 bits per heavy atom. The molecule has 2 N–H and O–H groups in total. The van der Waals surface area contributed by atoms with Gasteiger partial charge in [-0.05, 0) is 18.4 Å². The molecule has 0 radical (unpaired) electrons. The highest BCUT2D eigenvalue weighted by Crippen LogP contribution is 2.24. The van der Waals surface area contributed by atoms with Crippen molar-refractivity contribution in [2.24, 2.45) is 5.73 Å². The summed E-state index contributed by atoms with van der Waals surface area (Å²) in [5.41, 5.74) is 5.84. The summed E-state index contributed by atoms with van der Waals surface area (Å²) in [5, 5.41) is -0.336. The fourth-order valence-corrected chi connectivity index (χ4v) is 5.79. The van der Waals surface area contributed by atoms with E-state index in [1.54, 1.807) is 30.4 Å². The largest absolute Gasteiger partial charge is 0.329 e. The molecule has 108 valence electrons. The summed E-state index contributed by atoms with van der Waals surface area (Å²) in [6, 6.07) is 0.199. The number of hydrogen-bond acceptors (Lipinski definition) is 6.